The summed E-state index contributed by atoms with van der Waals surface area (Å²) in [5, 5.41) is 17.1. The Bertz CT molecular complexity index is 646. The van der Waals surface area contributed by atoms with Crippen molar-refractivity contribution < 1.29 is 14.7 Å². The van der Waals surface area contributed by atoms with E-state index in [-0.39, 0.29) is 11.6 Å². The van der Waals surface area contributed by atoms with Crippen LogP contribution in [0, 0.1) is 0 Å². The number of hydrogen-bond donors (Lipinski definition) is 3. The van der Waals surface area contributed by atoms with Crippen LogP contribution >= 0.6 is 27.3 Å². The number of nitrogens with zero attached hydrogens (tertiary/aromatic N) is 1. The van der Waals surface area contributed by atoms with E-state index in [4.69, 9.17) is 5.11 Å². The van der Waals surface area contributed by atoms with Crippen LogP contribution in [0.2, 0.25) is 0 Å². The molecule has 0 bridgehead atoms. The summed E-state index contributed by atoms with van der Waals surface area (Å²) in [4.78, 5) is 26.8. The van der Waals surface area contributed by atoms with Gasteiger partial charge in [0.15, 0.2) is 0 Å². The summed E-state index contributed by atoms with van der Waals surface area (Å²) in [7, 11) is 0. The normalized spacial score (nSPS) is 10.1. The number of aromatic carboxylic acids is 1. The average molecular weight is 370 g/mol. The van der Waals surface area contributed by atoms with E-state index in [0.29, 0.717) is 23.1 Å². The maximum Gasteiger partial charge on any atom is 0.336 e. The number of benzene rings is 1. The van der Waals surface area contributed by atoms with Crippen molar-refractivity contribution in [3.63, 3.8) is 0 Å². The number of halogens is 1. The minimum absolute atomic E-state index is 0.0931. The number of rotatable bonds is 5. The smallest absolute Gasteiger partial charge is 0.336 e. The Labute approximate surface area is 133 Å². The van der Waals surface area contributed by atoms with Crippen LogP contribution in [-0.2, 0) is 6.42 Å². The molecule has 0 saturated heterocycles. The number of carboxylic acids is 1. The first kappa shape index (κ1) is 15.5. The number of carbonyl (C=O) groups is 2. The molecular weight excluding hydrogens is 358 g/mol. The Morgan fingerprint density at radius 1 is 1.38 bits per heavy atom. The van der Waals surface area contributed by atoms with Gasteiger partial charge >= 0.3 is 12.0 Å². The summed E-state index contributed by atoms with van der Waals surface area (Å²) >= 11 is 4.68. The van der Waals surface area contributed by atoms with Crippen LogP contribution in [0.15, 0.2) is 34.2 Å². The summed E-state index contributed by atoms with van der Waals surface area (Å²) in [5.74, 6) is -1.06. The van der Waals surface area contributed by atoms with E-state index in [9.17, 15) is 9.59 Å². The molecule has 6 nitrogen and oxygen atoms in total. The monoisotopic (exact) mass is 369 g/mol. The lowest BCUT2D eigenvalue weighted by atomic mass is 10.2. The fourth-order valence-electron chi connectivity index (χ4n) is 1.60. The number of nitrogens with one attached hydrogen (secondary N) is 2. The highest BCUT2D eigenvalue weighted by molar-refractivity contribution is 9.10. The van der Waals surface area contributed by atoms with E-state index in [0.717, 1.165) is 5.01 Å². The highest BCUT2D eigenvalue weighted by Gasteiger charge is 2.10. The second-order valence-corrected chi connectivity index (χ2v) is 5.89. The summed E-state index contributed by atoms with van der Waals surface area (Å²) < 4.78 is 0.463. The van der Waals surface area contributed by atoms with Crippen molar-refractivity contribution in [1.82, 2.24) is 10.3 Å². The second kappa shape index (κ2) is 7.19. The number of anilines is 1. The molecule has 0 radical (unpaired) electrons. The topological polar surface area (TPSA) is 91.3 Å². The van der Waals surface area contributed by atoms with Crippen LogP contribution in [0.1, 0.15) is 15.4 Å². The molecule has 0 aliphatic rings. The average Bonchev–Trinajstić information content (AvgIpc) is 2.94. The molecule has 0 aliphatic heterocycles. The molecule has 21 heavy (non-hydrogen) atoms. The standard InChI is InChI=1S/C13H12BrN3O3S/c14-10-2-1-8(7-9(10)12(18)19)17-13(20)16-4-3-11-15-5-6-21-11/h1-2,5-7H,3-4H2,(H,18,19)(H2,16,17,20). The van der Waals surface area contributed by atoms with Gasteiger partial charge in [-0.3, -0.25) is 0 Å². The molecule has 2 amide bonds. The Balaban J connectivity index is 1.87. The van der Waals surface area contributed by atoms with Crippen molar-refractivity contribution in [3.8, 4) is 0 Å². The molecule has 1 aromatic carbocycles. The molecule has 110 valence electrons. The minimum Gasteiger partial charge on any atom is -0.478 e. The van der Waals surface area contributed by atoms with Crippen molar-refractivity contribution in [3.05, 3.63) is 44.8 Å². The molecule has 0 aliphatic carbocycles. The van der Waals surface area contributed by atoms with Gasteiger partial charge in [-0.05, 0) is 34.1 Å². The zero-order valence-corrected chi connectivity index (χ0v) is 13.2. The Hall–Kier alpha value is -1.93. The molecule has 1 aromatic heterocycles. The third-order valence-electron chi connectivity index (χ3n) is 2.56. The van der Waals surface area contributed by atoms with Gasteiger partial charge in [-0.2, -0.15) is 0 Å². The van der Waals surface area contributed by atoms with Crippen LogP contribution in [-0.4, -0.2) is 28.6 Å². The fraction of sp³-hybridized carbons (Fsp3) is 0.154. The summed E-state index contributed by atoms with van der Waals surface area (Å²) in [5.41, 5.74) is 0.512. The SMILES string of the molecule is O=C(NCCc1nccs1)Nc1ccc(Br)c(C(=O)O)c1. The molecule has 0 atom stereocenters. The quantitative estimate of drug-likeness (QED) is 0.755. The molecule has 2 rings (SSSR count). The summed E-state index contributed by atoms with van der Waals surface area (Å²) in [6.45, 7) is 0.460. The number of aromatic nitrogens is 1. The summed E-state index contributed by atoms with van der Waals surface area (Å²) in [6, 6.07) is 4.21. The van der Waals surface area contributed by atoms with E-state index >= 15 is 0 Å². The van der Waals surface area contributed by atoms with E-state index in [1.807, 2.05) is 5.38 Å². The molecule has 0 fully saturated rings. The number of thiazole rings is 1. The second-order valence-electron chi connectivity index (χ2n) is 4.06. The fourth-order valence-corrected chi connectivity index (χ4v) is 2.64. The Kier molecular flexibility index (Phi) is 5.29. The van der Waals surface area contributed by atoms with Gasteiger partial charge < -0.3 is 15.7 Å². The number of urea groups is 1. The van der Waals surface area contributed by atoms with Gasteiger partial charge in [-0.25, -0.2) is 14.6 Å². The number of carbonyl (C=O) groups excluding carboxylic acids is 1. The predicted molar refractivity (Wildman–Crippen MR) is 83.9 cm³/mol. The predicted octanol–water partition coefficient (Wildman–Crippen LogP) is 2.97. The first-order valence-corrected chi connectivity index (χ1v) is 7.69. The summed E-state index contributed by atoms with van der Waals surface area (Å²) in [6.07, 6.45) is 2.38. The van der Waals surface area contributed by atoms with Crippen LogP contribution in [0.25, 0.3) is 0 Å². The van der Waals surface area contributed by atoms with Gasteiger partial charge in [0.1, 0.15) is 0 Å². The van der Waals surface area contributed by atoms with E-state index < -0.39 is 5.97 Å². The van der Waals surface area contributed by atoms with Crippen LogP contribution in [0.5, 0.6) is 0 Å². The first-order chi connectivity index (χ1) is 10.1. The number of hydrogen-bond acceptors (Lipinski definition) is 4. The molecule has 3 N–H and O–H groups in total. The highest BCUT2D eigenvalue weighted by atomic mass is 79.9. The van der Waals surface area contributed by atoms with Crippen molar-refractivity contribution in [2.75, 3.05) is 11.9 Å². The zero-order valence-electron chi connectivity index (χ0n) is 10.8. The largest absolute Gasteiger partial charge is 0.478 e. The van der Waals surface area contributed by atoms with Crippen molar-refractivity contribution >= 4 is 45.0 Å². The maximum absolute atomic E-state index is 11.7. The van der Waals surface area contributed by atoms with Crippen molar-refractivity contribution in [2.45, 2.75) is 6.42 Å². The Morgan fingerprint density at radius 2 is 2.19 bits per heavy atom. The van der Waals surface area contributed by atoms with Gasteiger partial charge in [0, 0.05) is 34.7 Å². The van der Waals surface area contributed by atoms with Gasteiger partial charge in [0.2, 0.25) is 0 Å². The lowest BCUT2D eigenvalue weighted by molar-refractivity contribution is 0.0696. The molecule has 8 heteroatoms. The number of amides is 2. The van der Waals surface area contributed by atoms with Crippen molar-refractivity contribution in [2.24, 2.45) is 0 Å². The molecule has 0 unspecified atom stereocenters. The van der Waals surface area contributed by atoms with Crippen LogP contribution in [0.4, 0.5) is 10.5 Å². The van der Waals surface area contributed by atoms with Gasteiger partial charge in [0.25, 0.3) is 0 Å². The minimum atomic E-state index is -1.06. The first-order valence-electron chi connectivity index (χ1n) is 6.02. The van der Waals surface area contributed by atoms with Gasteiger partial charge in [0.05, 0.1) is 10.6 Å². The van der Waals surface area contributed by atoms with Crippen LogP contribution < -0.4 is 10.6 Å². The van der Waals surface area contributed by atoms with E-state index in [1.54, 1.807) is 18.3 Å². The molecular formula is C13H12BrN3O3S. The third-order valence-corrected chi connectivity index (χ3v) is 4.09. The highest BCUT2D eigenvalue weighted by Crippen LogP contribution is 2.21. The Morgan fingerprint density at radius 3 is 2.86 bits per heavy atom. The third kappa shape index (κ3) is 4.54. The maximum atomic E-state index is 11.7. The van der Waals surface area contributed by atoms with Crippen molar-refractivity contribution in [1.29, 1.82) is 0 Å². The molecule has 0 spiro atoms. The lowest BCUT2D eigenvalue weighted by Gasteiger charge is -2.08. The van der Waals surface area contributed by atoms with Gasteiger partial charge in [-0.15, -0.1) is 11.3 Å². The molecule has 0 saturated carbocycles. The van der Waals surface area contributed by atoms with E-state index in [2.05, 4.69) is 31.5 Å². The lowest BCUT2D eigenvalue weighted by Crippen LogP contribution is -2.30. The number of carboxylic acid groups (broad SMARTS) is 1. The van der Waals surface area contributed by atoms with E-state index in [1.165, 1.54) is 17.4 Å². The van der Waals surface area contributed by atoms with Crippen LogP contribution in [0.3, 0.4) is 0 Å². The molecule has 1 heterocycles. The van der Waals surface area contributed by atoms with Gasteiger partial charge in [-0.1, -0.05) is 0 Å². The zero-order chi connectivity index (χ0) is 15.2. The molecule has 2 aromatic rings.